The van der Waals surface area contributed by atoms with Gasteiger partial charge in [-0.25, -0.2) is 4.39 Å². The highest BCUT2D eigenvalue weighted by Crippen LogP contribution is 2.26. The molecule has 1 aromatic heterocycles. The molecule has 1 saturated heterocycles. The summed E-state index contributed by atoms with van der Waals surface area (Å²) >= 11 is 0. The van der Waals surface area contributed by atoms with E-state index in [0.29, 0.717) is 17.0 Å². The van der Waals surface area contributed by atoms with Gasteiger partial charge in [-0.15, -0.1) is 0 Å². The Morgan fingerprint density at radius 2 is 1.89 bits per heavy atom. The fourth-order valence-corrected chi connectivity index (χ4v) is 4.22. The molecule has 5 heteroatoms. The number of aromatic amines is 1. The number of halogens is 1. The predicted octanol–water partition coefficient (Wildman–Crippen LogP) is 4.57. The molecule has 1 aliphatic rings. The zero-order valence-electron chi connectivity index (χ0n) is 16.3. The number of aromatic nitrogens is 1. The summed E-state index contributed by atoms with van der Waals surface area (Å²) in [6.45, 7) is 5.99. The molecule has 4 rings (SSSR count). The average Bonchev–Trinajstić information content (AvgIpc) is 3.03. The van der Waals surface area contributed by atoms with Crippen molar-refractivity contribution in [2.75, 3.05) is 13.1 Å². The van der Waals surface area contributed by atoms with Crippen LogP contribution in [0.1, 0.15) is 47.4 Å². The Morgan fingerprint density at radius 3 is 2.61 bits per heavy atom. The van der Waals surface area contributed by atoms with Crippen molar-refractivity contribution in [3.8, 4) is 0 Å². The first kappa shape index (κ1) is 18.7. The van der Waals surface area contributed by atoms with Gasteiger partial charge < -0.3 is 10.3 Å². The van der Waals surface area contributed by atoms with Crippen molar-refractivity contribution in [1.82, 2.24) is 15.2 Å². The molecule has 1 amide bonds. The van der Waals surface area contributed by atoms with E-state index in [1.165, 1.54) is 17.7 Å². The number of nitrogens with one attached hydrogen (secondary N) is 2. The number of aryl methyl sites for hydroxylation is 1. The van der Waals surface area contributed by atoms with Gasteiger partial charge in [-0.1, -0.05) is 30.3 Å². The second kappa shape index (κ2) is 7.76. The van der Waals surface area contributed by atoms with Gasteiger partial charge in [0.25, 0.3) is 5.91 Å². The van der Waals surface area contributed by atoms with Gasteiger partial charge in [0.05, 0.1) is 5.56 Å². The van der Waals surface area contributed by atoms with E-state index in [1.807, 2.05) is 13.0 Å². The quantitative estimate of drug-likeness (QED) is 0.698. The molecule has 0 bridgehead atoms. The average molecular weight is 379 g/mol. The van der Waals surface area contributed by atoms with Gasteiger partial charge in [-0.05, 0) is 50.5 Å². The van der Waals surface area contributed by atoms with Crippen molar-refractivity contribution in [1.29, 1.82) is 0 Å². The summed E-state index contributed by atoms with van der Waals surface area (Å²) in [6.07, 6.45) is 1.83. The lowest BCUT2D eigenvalue weighted by molar-refractivity contribution is 0.0897. The predicted molar refractivity (Wildman–Crippen MR) is 110 cm³/mol. The molecule has 1 unspecified atom stereocenters. The normalized spacial score (nSPS) is 17.0. The molecule has 0 spiro atoms. The lowest BCUT2D eigenvalue weighted by Crippen LogP contribution is -2.45. The molecule has 2 aromatic carbocycles. The van der Waals surface area contributed by atoms with Gasteiger partial charge in [-0.3, -0.25) is 9.69 Å². The Balaban J connectivity index is 1.41. The van der Waals surface area contributed by atoms with Crippen molar-refractivity contribution < 1.29 is 9.18 Å². The van der Waals surface area contributed by atoms with E-state index in [4.69, 9.17) is 0 Å². The van der Waals surface area contributed by atoms with E-state index in [0.717, 1.165) is 37.1 Å². The second-order valence-corrected chi connectivity index (χ2v) is 7.69. The zero-order valence-corrected chi connectivity index (χ0v) is 16.3. The first-order chi connectivity index (χ1) is 13.5. The van der Waals surface area contributed by atoms with E-state index < -0.39 is 0 Å². The van der Waals surface area contributed by atoms with Crippen LogP contribution in [-0.4, -0.2) is 34.9 Å². The molecule has 4 nitrogen and oxygen atoms in total. The molecule has 0 radical (unpaired) electrons. The lowest BCUT2D eigenvalue weighted by atomic mass is 9.99. The van der Waals surface area contributed by atoms with Gasteiger partial charge in [-0.2, -0.15) is 0 Å². The first-order valence-electron chi connectivity index (χ1n) is 9.90. The van der Waals surface area contributed by atoms with Crippen LogP contribution >= 0.6 is 0 Å². The molecule has 0 aliphatic carbocycles. The number of piperidine rings is 1. The molecule has 2 N–H and O–H groups in total. The van der Waals surface area contributed by atoms with Crippen LogP contribution < -0.4 is 5.32 Å². The minimum Gasteiger partial charge on any atom is -0.358 e. The van der Waals surface area contributed by atoms with Crippen LogP contribution in [0.3, 0.4) is 0 Å². The second-order valence-electron chi connectivity index (χ2n) is 7.69. The van der Waals surface area contributed by atoms with E-state index in [2.05, 4.69) is 46.4 Å². The maximum atomic E-state index is 13.7. The number of amides is 1. The molecule has 3 aromatic rings. The fourth-order valence-electron chi connectivity index (χ4n) is 4.22. The van der Waals surface area contributed by atoms with Crippen LogP contribution in [0.2, 0.25) is 0 Å². The van der Waals surface area contributed by atoms with Crippen LogP contribution in [0.25, 0.3) is 10.9 Å². The van der Waals surface area contributed by atoms with E-state index in [-0.39, 0.29) is 17.8 Å². The number of carbonyl (C=O) groups excluding carboxylic acids is 1. The Kier molecular flexibility index (Phi) is 5.18. The zero-order chi connectivity index (χ0) is 19.7. The van der Waals surface area contributed by atoms with Crippen LogP contribution in [0.15, 0.2) is 48.5 Å². The first-order valence-corrected chi connectivity index (χ1v) is 9.90. The van der Waals surface area contributed by atoms with Crippen molar-refractivity contribution in [3.05, 3.63) is 71.2 Å². The summed E-state index contributed by atoms with van der Waals surface area (Å²) in [5.41, 5.74) is 3.43. The van der Waals surface area contributed by atoms with Crippen molar-refractivity contribution in [2.45, 2.75) is 38.8 Å². The smallest absolute Gasteiger partial charge is 0.253 e. The van der Waals surface area contributed by atoms with Gasteiger partial charge >= 0.3 is 0 Å². The molecule has 28 heavy (non-hydrogen) atoms. The van der Waals surface area contributed by atoms with Gasteiger partial charge in [0, 0.05) is 41.8 Å². The largest absolute Gasteiger partial charge is 0.358 e. The fraction of sp³-hybridized carbons (Fsp3) is 0.348. The molecule has 0 saturated carbocycles. The van der Waals surface area contributed by atoms with E-state index in [9.17, 15) is 9.18 Å². The summed E-state index contributed by atoms with van der Waals surface area (Å²) in [5.74, 6) is -0.451. The Morgan fingerprint density at radius 1 is 1.18 bits per heavy atom. The SMILES string of the molecule is Cc1[nH]c2ccc(F)cc2c1C(=O)NC1CCN(C(C)c2ccccc2)CC1. The molecular weight excluding hydrogens is 353 g/mol. The number of H-pyrrole nitrogens is 1. The van der Waals surface area contributed by atoms with E-state index >= 15 is 0 Å². The highest BCUT2D eigenvalue weighted by Gasteiger charge is 2.26. The maximum absolute atomic E-state index is 13.7. The molecule has 1 fully saturated rings. The highest BCUT2D eigenvalue weighted by atomic mass is 19.1. The summed E-state index contributed by atoms with van der Waals surface area (Å²) < 4.78 is 13.7. The number of nitrogens with zero attached hydrogens (tertiary/aromatic N) is 1. The Labute approximate surface area is 164 Å². The standard InChI is InChI=1S/C23H26FN3O/c1-15-22(20-14-18(24)8-9-21(20)25-15)23(28)26-19-10-12-27(13-11-19)16(2)17-6-4-3-5-7-17/h3-9,14,16,19,25H,10-13H2,1-2H3,(H,26,28). The number of likely N-dealkylation sites (tertiary alicyclic amines) is 1. The molecular formula is C23H26FN3O. The Bertz CT molecular complexity index is 974. The Hall–Kier alpha value is -2.66. The number of rotatable bonds is 4. The van der Waals surface area contributed by atoms with Crippen LogP contribution in [-0.2, 0) is 0 Å². The van der Waals surface area contributed by atoms with Crippen LogP contribution in [0.4, 0.5) is 4.39 Å². The third kappa shape index (κ3) is 3.67. The molecule has 2 heterocycles. The maximum Gasteiger partial charge on any atom is 0.253 e. The minimum absolute atomic E-state index is 0.121. The van der Waals surface area contributed by atoms with Crippen molar-refractivity contribution in [2.24, 2.45) is 0 Å². The number of fused-ring (bicyclic) bond motifs is 1. The summed E-state index contributed by atoms with van der Waals surface area (Å²) in [4.78, 5) is 18.5. The number of carbonyl (C=O) groups is 1. The van der Waals surface area contributed by atoms with Crippen LogP contribution in [0, 0.1) is 12.7 Å². The molecule has 1 aliphatic heterocycles. The minimum atomic E-state index is -0.330. The lowest BCUT2D eigenvalue weighted by Gasteiger charge is -2.36. The van der Waals surface area contributed by atoms with Crippen molar-refractivity contribution in [3.63, 3.8) is 0 Å². The number of hydrogen-bond acceptors (Lipinski definition) is 2. The van der Waals surface area contributed by atoms with Crippen LogP contribution in [0.5, 0.6) is 0 Å². The molecule has 146 valence electrons. The van der Waals surface area contributed by atoms with Gasteiger partial charge in [0.15, 0.2) is 0 Å². The van der Waals surface area contributed by atoms with Gasteiger partial charge in [0.1, 0.15) is 5.82 Å². The number of hydrogen-bond donors (Lipinski definition) is 2. The molecule has 1 atom stereocenters. The summed E-state index contributed by atoms with van der Waals surface area (Å²) in [7, 11) is 0. The monoisotopic (exact) mass is 379 g/mol. The van der Waals surface area contributed by atoms with Crippen molar-refractivity contribution >= 4 is 16.8 Å². The highest BCUT2D eigenvalue weighted by molar-refractivity contribution is 6.08. The third-order valence-electron chi connectivity index (χ3n) is 5.87. The van der Waals surface area contributed by atoms with E-state index in [1.54, 1.807) is 6.07 Å². The summed E-state index contributed by atoms with van der Waals surface area (Å²) in [6, 6.07) is 15.5. The third-order valence-corrected chi connectivity index (χ3v) is 5.87. The summed E-state index contributed by atoms with van der Waals surface area (Å²) in [5, 5.41) is 3.81. The topological polar surface area (TPSA) is 48.1 Å². The number of benzene rings is 2. The van der Waals surface area contributed by atoms with Gasteiger partial charge in [0.2, 0.25) is 0 Å².